The third kappa shape index (κ3) is 2.33. The Morgan fingerprint density at radius 3 is 1.30 bits per heavy atom. The molecule has 1 aromatic heterocycles. The fourth-order valence-electron chi connectivity index (χ4n) is 2.45. The lowest BCUT2D eigenvalue weighted by molar-refractivity contribution is 0.379. The highest BCUT2D eigenvalue weighted by Gasteiger charge is 2.32. The minimum atomic E-state index is -0.347. The van der Waals surface area contributed by atoms with Crippen LogP contribution in [-0.4, -0.2) is 10.2 Å². The number of phenolic OH excluding ortho intramolecular Hbond substituents is 2. The third-order valence-electron chi connectivity index (χ3n) is 3.23. The van der Waals surface area contributed by atoms with E-state index < -0.39 is 0 Å². The Morgan fingerprint density at radius 2 is 1.05 bits per heavy atom. The van der Waals surface area contributed by atoms with Crippen molar-refractivity contribution in [3.63, 3.8) is 0 Å². The molecule has 0 atom stereocenters. The second-order valence-corrected chi connectivity index (χ2v) is 9.28. The fraction of sp³-hybridized carbons (Fsp3) is 0.533. The van der Waals surface area contributed by atoms with Gasteiger partial charge in [-0.2, -0.15) is 0 Å². The lowest BCUT2D eigenvalue weighted by atomic mass is 9.80. The minimum Gasteiger partial charge on any atom is -0.504 e. The Kier molecular flexibility index (Phi) is 3.42. The lowest BCUT2D eigenvalue weighted by Gasteiger charge is -2.27. The van der Waals surface area contributed by atoms with Crippen LogP contribution in [0.4, 0.5) is 0 Å². The summed E-state index contributed by atoms with van der Waals surface area (Å²) in [7, 11) is 0. The Morgan fingerprint density at radius 1 is 0.750 bits per heavy atom. The van der Waals surface area contributed by atoms with Gasteiger partial charge < -0.3 is 10.2 Å². The van der Waals surface area contributed by atoms with Crippen LogP contribution in [0.25, 0.3) is 9.40 Å². The van der Waals surface area contributed by atoms with Gasteiger partial charge in [0.15, 0.2) is 11.5 Å². The van der Waals surface area contributed by atoms with E-state index >= 15 is 0 Å². The topological polar surface area (TPSA) is 57.5 Å². The molecule has 2 N–H and O–H groups in total. The maximum atomic E-state index is 11.8. The van der Waals surface area contributed by atoms with Crippen LogP contribution in [0.3, 0.4) is 0 Å². The zero-order chi connectivity index (χ0) is 15.5. The van der Waals surface area contributed by atoms with Crippen molar-refractivity contribution in [2.75, 3.05) is 0 Å². The molecule has 0 unspecified atom stereocenters. The van der Waals surface area contributed by atoms with Crippen LogP contribution in [0.2, 0.25) is 0 Å². The van der Waals surface area contributed by atoms with Crippen LogP contribution in [0.1, 0.15) is 52.7 Å². The van der Waals surface area contributed by atoms with E-state index in [2.05, 4.69) is 0 Å². The smallest absolute Gasteiger partial charge is 0.288 e. The summed E-state index contributed by atoms with van der Waals surface area (Å²) in [5.74, 6) is -0.187. The van der Waals surface area contributed by atoms with Crippen LogP contribution in [-0.2, 0) is 10.8 Å². The number of hydrogen-bond acceptors (Lipinski definition) is 5. The van der Waals surface area contributed by atoms with Crippen LogP contribution >= 0.6 is 22.7 Å². The van der Waals surface area contributed by atoms with Gasteiger partial charge in [-0.3, -0.25) is 4.79 Å². The van der Waals surface area contributed by atoms with Crippen molar-refractivity contribution in [2.45, 2.75) is 52.4 Å². The molecule has 0 fully saturated rings. The van der Waals surface area contributed by atoms with Gasteiger partial charge in [0.25, 0.3) is 4.06 Å². The molecule has 0 aliphatic carbocycles. The van der Waals surface area contributed by atoms with Gasteiger partial charge in [0.2, 0.25) is 0 Å². The van der Waals surface area contributed by atoms with Crippen LogP contribution < -0.4 is 4.06 Å². The largest absolute Gasteiger partial charge is 0.504 e. The van der Waals surface area contributed by atoms with E-state index in [1.165, 1.54) is 0 Å². The molecular formula is C15H20O3S2. The van der Waals surface area contributed by atoms with Gasteiger partial charge in [0.1, 0.15) is 0 Å². The second kappa shape index (κ2) is 4.46. The molecule has 0 aliphatic rings. The molecule has 110 valence electrons. The van der Waals surface area contributed by atoms with E-state index in [1.54, 1.807) is 0 Å². The quantitative estimate of drug-likeness (QED) is 0.712. The van der Waals surface area contributed by atoms with E-state index in [1.807, 2.05) is 41.5 Å². The predicted molar refractivity (Wildman–Crippen MR) is 86.7 cm³/mol. The molecule has 0 amide bonds. The summed E-state index contributed by atoms with van der Waals surface area (Å²) >= 11 is 2.30. The first-order chi connectivity index (χ1) is 8.94. The summed E-state index contributed by atoms with van der Waals surface area (Å²) < 4.78 is 1.58. The molecule has 0 aliphatic heterocycles. The van der Waals surface area contributed by atoms with Crippen LogP contribution in [0, 0.1) is 0 Å². The fourth-order valence-corrected chi connectivity index (χ4v) is 5.10. The minimum absolute atomic E-state index is 0.0130. The summed E-state index contributed by atoms with van der Waals surface area (Å²) in [4.78, 5) is 11.8. The maximum absolute atomic E-state index is 11.8. The van der Waals surface area contributed by atoms with Gasteiger partial charge in [0.05, 0.1) is 9.40 Å². The van der Waals surface area contributed by atoms with Gasteiger partial charge in [-0.25, -0.2) is 0 Å². The summed E-state index contributed by atoms with van der Waals surface area (Å²) in [5, 5.41) is 20.9. The Labute approximate surface area is 126 Å². The lowest BCUT2D eigenvalue weighted by Crippen LogP contribution is -2.16. The molecule has 0 bridgehead atoms. The highest BCUT2D eigenvalue weighted by Crippen LogP contribution is 2.50. The van der Waals surface area contributed by atoms with Crippen molar-refractivity contribution >= 4 is 32.1 Å². The Hall–Kier alpha value is -1.07. The highest BCUT2D eigenvalue weighted by molar-refractivity contribution is 7.35. The highest BCUT2D eigenvalue weighted by atomic mass is 32.2. The van der Waals surface area contributed by atoms with Crippen molar-refractivity contribution in [3.05, 3.63) is 20.0 Å². The van der Waals surface area contributed by atoms with Gasteiger partial charge in [-0.05, 0) is 10.8 Å². The maximum Gasteiger partial charge on any atom is 0.288 e. The number of fused-ring (bicyclic) bond motifs is 1. The number of aromatic hydroxyl groups is 2. The number of phenols is 2. The van der Waals surface area contributed by atoms with Crippen molar-refractivity contribution in [1.29, 1.82) is 0 Å². The zero-order valence-electron chi connectivity index (χ0n) is 12.6. The number of hydrogen-bond donors (Lipinski definition) is 2. The van der Waals surface area contributed by atoms with Gasteiger partial charge in [-0.1, -0.05) is 64.2 Å². The third-order valence-corrected chi connectivity index (χ3v) is 5.42. The molecular weight excluding hydrogens is 292 g/mol. The standard InChI is InChI=1S/C15H20O3S2/c1-14(2,3)7-9(16)10(17)8(15(4,5)6)12-11(7)19-13(18)20-12/h16-17H,1-6H3. The summed E-state index contributed by atoms with van der Waals surface area (Å²) in [6.07, 6.45) is 0. The van der Waals surface area contributed by atoms with Crippen molar-refractivity contribution < 1.29 is 10.2 Å². The van der Waals surface area contributed by atoms with Crippen LogP contribution in [0.15, 0.2) is 4.79 Å². The molecule has 5 heteroatoms. The van der Waals surface area contributed by atoms with Crippen LogP contribution in [0.5, 0.6) is 11.5 Å². The van der Waals surface area contributed by atoms with E-state index in [9.17, 15) is 15.0 Å². The average Bonchev–Trinajstić information content (AvgIpc) is 2.55. The molecule has 20 heavy (non-hydrogen) atoms. The summed E-state index contributed by atoms with van der Waals surface area (Å²) in [6.45, 7) is 11.8. The van der Waals surface area contributed by atoms with Crippen molar-refractivity contribution in [2.24, 2.45) is 0 Å². The Balaban J connectivity index is 3.08. The SMILES string of the molecule is CC(C)(C)c1c(O)c(O)c(C(C)(C)C)c2sc(=O)sc12. The first-order valence-electron chi connectivity index (χ1n) is 6.47. The molecule has 2 aromatic rings. The molecule has 0 saturated carbocycles. The monoisotopic (exact) mass is 312 g/mol. The molecule has 1 aromatic carbocycles. The molecule has 0 saturated heterocycles. The molecule has 0 spiro atoms. The number of rotatable bonds is 0. The first kappa shape index (κ1) is 15.3. The predicted octanol–water partition coefficient (Wildman–Crippen LogP) is 4.33. The van der Waals surface area contributed by atoms with Gasteiger partial charge in [-0.15, -0.1) is 0 Å². The summed E-state index contributed by atoms with van der Waals surface area (Å²) in [5.41, 5.74) is 0.614. The second-order valence-electron chi connectivity index (χ2n) is 7.06. The van der Waals surface area contributed by atoms with E-state index in [4.69, 9.17) is 0 Å². The Bertz CT molecular complexity index is 665. The van der Waals surface area contributed by atoms with Crippen molar-refractivity contribution in [3.8, 4) is 11.5 Å². The van der Waals surface area contributed by atoms with E-state index in [-0.39, 0.29) is 26.4 Å². The van der Waals surface area contributed by atoms with E-state index in [0.29, 0.717) is 11.1 Å². The number of benzene rings is 1. The van der Waals surface area contributed by atoms with Gasteiger partial charge in [0, 0.05) is 11.1 Å². The molecule has 2 rings (SSSR count). The molecule has 0 radical (unpaired) electrons. The normalized spacial score (nSPS) is 13.1. The zero-order valence-corrected chi connectivity index (χ0v) is 14.3. The molecule has 3 nitrogen and oxygen atoms in total. The molecule has 1 heterocycles. The summed E-state index contributed by atoms with van der Waals surface area (Å²) in [6, 6.07) is 0. The van der Waals surface area contributed by atoms with Gasteiger partial charge >= 0.3 is 0 Å². The first-order valence-corrected chi connectivity index (χ1v) is 8.10. The average molecular weight is 312 g/mol. The van der Waals surface area contributed by atoms with E-state index in [0.717, 1.165) is 32.1 Å². The van der Waals surface area contributed by atoms with Crippen molar-refractivity contribution in [1.82, 2.24) is 0 Å².